The fourth-order valence-corrected chi connectivity index (χ4v) is 4.49. The van der Waals surface area contributed by atoms with Gasteiger partial charge in [-0.15, -0.1) is 0 Å². The molecule has 8 heteroatoms. The van der Waals surface area contributed by atoms with Crippen LogP contribution in [0.2, 0.25) is 0 Å². The monoisotopic (exact) mass is 496 g/mol. The maximum atomic E-state index is 12.9. The van der Waals surface area contributed by atoms with E-state index in [-0.39, 0.29) is 17.5 Å². The Morgan fingerprint density at radius 1 is 0.889 bits per heavy atom. The number of benzene rings is 3. The van der Waals surface area contributed by atoms with Crippen LogP contribution in [0.15, 0.2) is 78.9 Å². The number of para-hydroxylation sites is 1. The summed E-state index contributed by atoms with van der Waals surface area (Å²) >= 11 is 0. The first-order valence-electron chi connectivity index (χ1n) is 12.0. The molecule has 0 aliphatic carbocycles. The largest absolute Gasteiger partial charge is 0.416 e. The molecule has 3 aromatic rings. The van der Waals surface area contributed by atoms with Crippen molar-refractivity contribution in [1.29, 1.82) is 0 Å². The van der Waals surface area contributed by atoms with Crippen molar-refractivity contribution in [3.63, 3.8) is 0 Å². The number of hydrogen-bond acceptors (Lipinski definition) is 4. The van der Waals surface area contributed by atoms with Crippen LogP contribution in [0.5, 0.6) is 0 Å². The van der Waals surface area contributed by atoms with Gasteiger partial charge in [0.15, 0.2) is 0 Å². The molecule has 1 saturated heterocycles. The van der Waals surface area contributed by atoms with Gasteiger partial charge in [0, 0.05) is 63.8 Å². The van der Waals surface area contributed by atoms with Crippen molar-refractivity contribution >= 4 is 17.3 Å². The van der Waals surface area contributed by atoms with Gasteiger partial charge in [-0.2, -0.15) is 13.2 Å². The highest BCUT2D eigenvalue weighted by atomic mass is 19.4. The van der Waals surface area contributed by atoms with Crippen LogP contribution in [0.1, 0.15) is 27.5 Å². The topological polar surface area (TPSA) is 38.8 Å². The lowest BCUT2D eigenvalue weighted by Gasteiger charge is -2.40. The van der Waals surface area contributed by atoms with Gasteiger partial charge >= 0.3 is 6.18 Å². The Kier molecular flexibility index (Phi) is 7.84. The van der Waals surface area contributed by atoms with E-state index in [9.17, 15) is 18.0 Å². The molecule has 1 aliphatic heterocycles. The number of hydrogen-bond donors (Lipinski definition) is 1. The van der Waals surface area contributed by atoms with E-state index in [2.05, 4.69) is 51.5 Å². The molecule has 5 nitrogen and oxygen atoms in total. The van der Waals surface area contributed by atoms with Gasteiger partial charge in [-0.25, -0.2) is 0 Å². The van der Waals surface area contributed by atoms with Crippen LogP contribution in [0.3, 0.4) is 0 Å². The lowest BCUT2D eigenvalue weighted by Crippen LogP contribution is -2.50. The Labute approximate surface area is 210 Å². The van der Waals surface area contributed by atoms with Crippen LogP contribution < -0.4 is 15.1 Å². The van der Waals surface area contributed by atoms with E-state index >= 15 is 0 Å². The molecule has 1 atom stereocenters. The average Bonchev–Trinajstić information content (AvgIpc) is 2.89. The maximum absolute atomic E-state index is 12.9. The number of rotatable bonds is 7. The minimum Gasteiger partial charge on any atom is -0.378 e. The van der Waals surface area contributed by atoms with Crippen LogP contribution in [0, 0.1) is 0 Å². The zero-order chi connectivity index (χ0) is 25.7. The Hall–Kier alpha value is -3.52. The minimum absolute atomic E-state index is 0.0578. The third-order valence-corrected chi connectivity index (χ3v) is 6.60. The van der Waals surface area contributed by atoms with E-state index in [1.165, 1.54) is 17.8 Å². The number of halogens is 3. The number of carbonyl (C=O) groups is 1. The fraction of sp³-hybridized carbons (Fsp3) is 0.321. The van der Waals surface area contributed by atoms with Crippen LogP contribution in [0.4, 0.5) is 24.5 Å². The lowest BCUT2D eigenvalue weighted by molar-refractivity contribution is -0.137. The first-order valence-corrected chi connectivity index (χ1v) is 12.0. The normalized spacial score (nSPS) is 15.4. The zero-order valence-corrected chi connectivity index (χ0v) is 20.5. The number of alkyl halides is 3. The first-order chi connectivity index (χ1) is 17.2. The van der Waals surface area contributed by atoms with Gasteiger partial charge in [-0.1, -0.05) is 30.3 Å². The lowest BCUT2D eigenvalue weighted by atomic mass is 10.0. The van der Waals surface area contributed by atoms with Crippen molar-refractivity contribution in [2.75, 3.05) is 56.6 Å². The number of nitrogens with zero attached hydrogens (tertiary/aromatic N) is 3. The number of carbonyl (C=O) groups excluding carboxylic acids is 1. The molecule has 1 amide bonds. The molecule has 0 bridgehead atoms. The summed E-state index contributed by atoms with van der Waals surface area (Å²) in [4.78, 5) is 19.5. The standard InChI is InChI=1S/C28H31F3N4O/c1-33(2)24-14-10-21(11-15-24)26(35-18-16-34(17-19-35)25-6-4-3-5-7-25)20-32-27(36)22-8-12-23(13-9-22)28(29,30)31/h3-15,26H,16-20H2,1-2H3,(H,32,36)/t26-/m0/s1. The smallest absolute Gasteiger partial charge is 0.378 e. The second kappa shape index (κ2) is 11.0. The van der Waals surface area contributed by atoms with Gasteiger partial charge in [0.05, 0.1) is 11.6 Å². The molecular formula is C28H31F3N4O. The van der Waals surface area contributed by atoms with E-state index in [4.69, 9.17) is 0 Å². The Balaban J connectivity index is 1.47. The predicted octanol–water partition coefficient (Wildman–Crippen LogP) is 5.06. The average molecular weight is 497 g/mol. The van der Waals surface area contributed by atoms with Crippen molar-refractivity contribution in [3.8, 4) is 0 Å². The van der Waals surface area contributed by atoms with Crippen LogP contribution >= 0.6 is 0 Å². The number of anilines is 2. The third kappa shape index (κ3) is 6.18. The van der Waals surface area contributed by atoms with E-state index in [1.807, 2.05) is 37.2 Å². The second-order valence-electron chi connectivity index (χ2n) is 9.15. The Morgan fingerprint density at radius 3 is 2.06 bits per heavy atom. The zero-order valence-electron chi connectivity index (χ0n) is 20.5. The van der Waals surface area contributed by atoms with E-state index in [1.54, 1.807) is 0 Å². The predicted molar refractivity (Wildman–Crippen MR) is 138 cm³/mol. The summed E-state index contributed by atoms with van der Waals surface area (Å²) in [5.74, 6) is -0.387. The van der Waals surface area contributed by atoms with Gasteiger partial charge < -0.3 is 15.1 Å². The molecule has 36 heavy (non-hydrogen) atoms. The molecule has 0 radical (unpaired) electrons. The third-order valence-electron chi connectivity index (χ3n) is 6.60. The van der Waals surface area contributed by atoms with Gasteiger partial charge in [-0.3, -0.25) is 9.69 Å². The molecule has 1 fully saturated rings. The van der Waals surface area contributed by atoms with Crippen LogP contribution in [-0.2, 0) is 6.18 Å². The van der Waals surface area contributed by atoms with E-state index in [0.29, 0.717) is 6.54 Å². The van der Waals surface area contributed by atoms with Gasteiger partial charge in [0.2, 0.25) is 0 Å². The van der Waals surface area contributed by atoms with E-state index < -0.39 is 11.7 Å². The maximum Gasteiger partial charge on any atom is 0.416 e. The highest BCUT2D eigenvalue weighted by Crippen LogP contribution is 2.29. The molecule has 0 spiro atoms. The molecule has 0 aromatic heterocycles. The molecule has 1 N–H and O–H groups in total. The summed E-state index contributed by atoms with van der Waals surface area (Å²) in [7, 11) is 3.97. The Bertz CT molecular complexity index is 1120. The number of piperazine rings is 1. The summed E-state index contributed by atoms with van der Waals surface area (Å²) in [6, 6.07) is 22.8. The molecular weight excluding hydrogens is 465 g/mol. The van der Waals surface area contributed by atoms with Crippen LogP contribution in [0.25, 0.3) is 0 Å². The van der Waals surface area contributed by atoms with Gasteiger partial charge in [-0.05, 0) is 54.1 Å². The van der Waals surface area contributed by atoms with Crippen molar-refractivity contribution < 1.29 is 18.0 Å². The van der Waals surface area contributed by atoms with Gasteiger partial charge in [0.25, 0.3) is 5.91 Å². The van der Waals surface area contributed by atoms with Crippen molar-refractivity contribution in [2.24, 2.45) is 0 Å². The molecule has 0 unspecified atom stereocenters. The highest BCUT2D eigenvalue weighted by molar-refractivity contribution is 5.94. The molecule has 1 aliphatic rings. The van der Waals surface area contributed by atoms with Crippen molar-refractivity contribution in [1.82, 2.24) is 10.2 Å². The Morgan fingerprint density at radius 2 is 1.50 bits per heavy atom. The van der Waals surface area contributed by atoms with Crippen molar-refractivity contribution in [2.45, 2.75) is 12.2 Å². The van der Waals surface area contributed by atoms with Gasteiger partial charge in [0.1, 0.15) is 0 Å². The van der Waals surface area contributed by atoms with Crippen LogP contribution in [-0.4, -0.2) is 57.6 Å². The minimum atomic E-state index is -4.43. The highest BCUT2D eigenvalue weighted by Gasteiger charge is 2.30. The molecule has 4 rings (SSSR count). The molecule has 0 saturated carbocycles. The summed E-state index contributed by atoms with van der Waals surface area (Å²) in [6.07, 6.45) is -4.43. The van der Waals surface area contributed by atoms with E-state index in [0.717, 1.165) is 49.6 Å². The second-order valence-corrected chi connectivity index (χ2v) is 9.15. The summed E-state index contributed by atoms with van der Waals surface area (Å²) in [5, 5.41) is 2.95. The summed E-state index contributed by atoms with van der Waals surface area (Å²) in [5.41, 5.74) is 2.80. The van der Waals surface area contributed by atoms with Crippen molar-refractivity contribution in [3.05, 3.63) is 95.6 Å². The molecule has 1 heterocycles. The molecule has 190 valence electrons. The fourth-order valence-electron chi connectivity index (χ4n) is 4.49. The summed E-state index contributed by atoms with van der Waals surface area (Å²) in [6.45, 7) is 3.73. The summed E-state index contributed by atoms with van der Waals surface area (Å²) < 4.78 is 38.6. The quantitative estimate of drug-likeness (QED) is 0.496. The first kappa shape index (κ1) is 25.6. The number of nitrogens with one attached hydrogen (secondary N) is 1. The number of amides is 1. The SMILES string of the molecule is CN(C)c1ccc([C@H](CNC(=O)c2ccc(C(F)(F)F)cc2)N2CCN(c3ccccc3)CC2)cc1. The molecule has 3 aromatic carbocycles.